The molecule has 0 radical (unpaired) electrons. The number of aromatic nitrogens is 2. The lowest BCUT2D eigenvalue weighted by Gasteiger charge is -2.37. The van der Waals surface area contributed by atoms with Gasteiger partial charge in [0.2, 0.25) is 5.91 Å². The predicted molar refractivity (Wildman–Crippen MR) is 181 cm³/mol. The Morgan fingerprint density at radius 3 is 1.89 bits per heavy atom. The Hall–Kier alpha value is -3.78. The molecule has 0 aliphatic carbocycles. The van der Waals surface area contributed by atoms with Crippen molar-refractivity contribution in [3.05, 3.63) is 130 Å². The zero-order valence-corrected chi connectivity index (χ0v) is 26.9. The van der Waals surface area contributed by atoms with Gasteiger partial charge in [-0.3, -0.25) is 4.79 Å². The molecule has 0 bridgehead atoms. The lowest BCUT2D eigenvalue weighted by molar-refractivity contribution is -0.121. The van der Waals surface area contributed by atoms with Crippen molar-refractivity contribution in [3.63, 3.8) is 0 Å². The van der Waals surface area contributed by atoms with Crippen LogP contribution in [0.15, 0.2) is 114 Å². The number of benzene rings is 4. The number of aliphatic hydroxyl groups is 1. The molecule has 6 nitrogen and oxygen atoms in total. The highest BCUT2D eigenvalue weighted by Gasteiger charge is 2.41. The van der Waals surface area contributed by atoms with Gasteiger partial charge in [-0.15, -0.1) is 0 Å². The van der Waals surface area contributed by atoms with Crippen LogP contribution in [0, 0.1) is 11.3 Å². The fourth-order valence-electron chi connectivity index (χ4n) is 6.57. The number of rotatable bonds is 9. The van der Waals surface area contributed by atoms with Gasteiger partial charge in [0, 0.05) is 34.3 Å². The normalized spacial score (nSPS) is 15.0. The first-order valence-corrected chi connectivity index (χ1v) is 16.1. The Kier molecular flexibility index (Phi) is 8.72. The molecule has 4 aromatic carbocycles. The molecule has 0 saturated carbocycles. The molecule has 0 atom stereocenters. The number of halogens is 1. The number of aliphatic hydroxyl groups excluding tert-OH is 1. The quantitative estimate of drug-likeness (QED) is 0.164. The molecule has 2 heterocycles. The highest BCUT2D eigenvalue weighted by molar-refractivity contribution is 9.10. The molecule has 2 N–H and O–H groups in total. The number of hydrogen-bond donors (Lipinski definition) is 2. The minimum Gasteiger partial charge on any atom is -0.396 e. The molecule has 0 unspecified atom stereocenters. The summed E-state index contributed by atoms with van der Waals surface area (Å²) in [6.07, 6.45) is 1.55. The van der Waals surface area contributed by atoms with E-state index >= 15 is 0 Å². The van der Waals surface area contributed by atoms with Crippen molar-refractivity contribution in [1.29, 1.82) is 0 Å². The van der Waals surface area contributed by atoms with Crippen molar-refractivity contribution in [1.82, 2.24) is 14.7 Å². The molecule has 226 valence electrons. The molecule has 6 rings (SSSR count). The zero-order valence-electron chi connectivity index (χ0n) is 25.3. The number of carbonyl (C=O) groups excluding carboxylic acids is 1. The number of nitrogens with one attached hydrogen (secondary N) is 1. The van der Waals surface area contributed by atoms with Crippen molar-refractivity contribution >= 4 is 38.6 Å². The smallest absolute Gasteiger partial charge is 0.228 e. The summed E-state index contributed by atoms with van der Waals surface area (Å²) in [5.41, 5.74) is 3.17. The second-order valence-electron chi connectivity index (χ2n) is 12.6. The fraction of sp³-hybridized carbons (Fsp3) is 0.297. The summed E-state index contributed by atoms with van der Waals surface area (Å²) in [4.78, 5) is 16.1. The van der Waals surface area contributed by atoms with E-state index in [0.717, 1.165) is 64.5 Å². The Bertz CT molecular complexity index is 1620. The first kappa shape index (κ1) is 30.3. The number of likely N-dealkylation sites (tertiary alicyclic amines) is 1. The third-order valence-electron chi connectivity index (χ3n) is 8.81. The summed E-state index contributed by atoms with van der Waals surface area (Å²) in [6, 6.07) is 37.5. The highest BCUT2D eigenvalue weighted by Crippen LogP contribution is 2.43. The van der Waals surface area contributed by atoms with Gasteiger partial charge >= 0.3 is 0 Å². The summed E-state index contributed by atoms with van der Waals surface area (Å²) in [6.45, 7) is 6.79. The van der Waals surface area contributed by atoms with Crippen LogP contribution >= 0.6 is 15.9 Å². The van der Waals surface area contributed by atoms with Crippen LogP contribution < -0.4 is 5.32 Å². The average molecular weight is 652 g/mol. The van der Waals surface area contributed by atoms with E-state index in [0.29, 0.717) is 5.82 Å². The van der Waals surface area contributed by atoms with Crippen molar-refractivity contribution < 1.29 is 9.90 Å². The van der Waals surface area contributed by atoms with Crippen molar-refractivity contribution in [2.75, 3.05) is 31.6 Å². The Labute approximate surface area is 267 Å². The minimum atomic E-state index is -0.802. The molecule has 1 fully saturated rings. The number of amides is 1. The number of anilines is 1. The lowest BCUT2D eigenvalue weighted by Crippen LogP contribution is -2.43. The number of hydrogen-bond acceptors (Lipinski definition) is 4. The largest absolute Gasteiger partial charge is 0.396 e. The molecule has 44 heavy (non-hydrogen) atoms. The van der Waals surface area contributed by atoms with E-state index in [4.69, 9.17) is 5.10 Å². The van der Waals surface area contributed by atoms with Gasteiger partial charge in [0.05, 0.1) is 5.52 Å². The van der Waals surface area contributed by atoms with E-state index in [1.807, 2.05) is 30.3 Å². The second-order valence-corrected chi connectivity index (χ2v) is 13.5. The molecular formula is C37H39BrN4O2. The monoisotopic (exact) mass is 650 g/mol. The average Bonchev–Trinajstić information content (AvgIpc) is 3.40. The standard InChI is InChI=1S/C37H39BrN4O2/c1-36(2,26-43)25-41-22-20-27(21-23-41)35(44)39-34-32-24-31(38)18-19-33(32)42(40-34)37(28-12-6-3-7-13-28,29-14-8-4-9-15-29)30-16-10-5-11-17-30/h3-19,24,27,43H,20-23,25-26H2,1-2H3,(H,39,40,44). The molecule has 5 aromatic rings. The number of carbonyl (C=O) groups is 1. The van der Waals surface area contributed by atoms with E-state index in [1.54, 1.807) is 0 Å². The summed E-state index contributed by atoms with van der Waals surface area (Å²) in [5.74, 6) is 0.461. The SMILES string of the molecule is CC(C)(CO)CN1CCC(C(=O)Nc2nn(C(c3ccccc3)(c3ccccc3)c3ccccc3)c3ccc(Br)cc23)CC1. The van der Waals surface area contributed by atoms with Gasteiger partial charge in [-0.2, -0.15) is 5.10 Å². The Morgan fingerprint density at radius 1 is 0.864 bits per heavy atom. The Morgan fingerprint density at radius 2 is 1.39 bits per heavy atom. The van der Waals surface area contributed by atoms with E-state index in [9.17, 15) is 9.90 Å². The van der Waals surface area contributed by atoms with Crippen LogP contribution in [-0.4, -0.2) is 51.9 Å². The van der Waals surface area contributed by atoms with Gasteiger partial charge in [-0.1, -0.05) is 121 Å². The van der Waals surface area contributed by atoms with Gasteiger partial charge in [-0.05, 0) is 60.8 Å². The van der Waals surface area contributed by atoms with Crippen LogP contribution in [0.3, 0.4) is 0 Å². The van der Waals surface area contributed by atoms with E-state index in [1.165, 1.54) is 0 Å². The third kappa shape index (κ3) is 5.84. The van der Waals surface area contributed by atoms with Crippen molar-refractivity contribution in [2.45, 2.75) is 32.2 Å². The molecule has 1 aliphatic rings. The molecule has 0 spiro atoms. The molecule has 1 saturated heterocycles. The van der Waals surface area contributed by atoms with E-state index in [2.05, 4.69) is 124 Å². The fourth-order valence-corrected chi connectivity index (χ4v) is 6.93. The predicted octanol–water partition coefficient (Wildman–Crippen LogP) is 7.31. The summed E-state index contributed by atoms with van der Waals surface area (Å²) < 4.78 is 3.01. The first-order valence-electron chi connectivity index (χ1n) is 15.3. The van der Waals surface area contributed by atoms with Crippen LogP contribution in [0.25, 0.3) is 10.9 Å². The van der Waals surface area contributed by atoms with Gasteiger partial charge < -0.3 is 15.3 Å². The third-order valence-corrected chi connectivity index (χ3v) is 9.31. The first-order chi connectivity index (χ1) is 21.3. The lowest BCUT2D eigenvalue weighted by atomic mass is 9.77. The minimum absolute atomic E-state index is 0.00215. The topological polar surface area (TPSA) is 70.4 Å². The van der Waals surface area contributed by atoms with Gasteiger partial charge in [-0.25, -0.2) is 4.68 Å². The van der Waals surface area contributed by atoms with Crippen molar-refractivity contribution in [3.8, 4) is 0 Å². The summed E-state index contributed by atoms with van der Waals surface area (Å²) >= 11 is 3.67. The van der Waals surface area contributed by atoms with Crippen LogP contribution in [0.1, 0.15) is 43.4 Å². The highest BCUT2D eigenvalue weighted by atomic mass is 79.9. The van der Waals surface area contributed by atoms with E-state index < -0.39 is 5.54 Å². The molecule has 1 amide bonds. The maximum atomic E-state index is 13.8. The molecular weight excluding hydrogens is 612 g/mol. The van der Waals surface area contributed by atoms with Gasteiger partial charge in [0.25, 0.3) is 0 Å². The second kappa shape index (κ2) is 12.7. The molecule has 1 aliphatic heterocycles. The summed E-state index contributed by atoms with van der Waals surface area (Å²) in [5, 5.41) is 19.1. The number of piperidine rings is 1. The summed E-state index contributed by atoms with van der Waals surface area (Å²) in [7, 11) is 0. The number of nitrogens with zero attached hydrogens (tertiary/aromatic N) is 3. The van der Waals surface area contributed by atoms with Crippen LogP contribution in [0.5, 0.6) is 0 Å². The zero-order chi connectivity index (χ0) is 30.7. The Balaban J connectivity index is 1.44. The van der Waals surface area contributed by atoms with Crippen LogP contribution in [0.2, 0.25) is 0 Å². The molecule has 1 aromatic heterocycles. The molecule has 7 heteroatoms. The maximum Gasteiger partial charge on any atom is 0.228 e. The van der Waals surface area contributed by atoms with Gasteiger partial charge in [0.15, 0.2) is 5.82 Å². The van der Waals surface area contributed by atoms with E-state index in [-0.39, 0.29) is 23.8 Å². The van der Waals surface area contributed by atoms with Crippen molar-refractivity contribution in [2.24, 2.45) is 11.3 Å². The van der Waals surface area contributed by atoms with Crippen LogP contribution in [-0.2, 0) is 10.3 Å². The van der Waals surface area contributed by atoms with Gasteiger partial charge in [0.1, 0.15) is 5.54 Å². The van der Waals surface area contributed by atoms with Crippen LogP contribution in [0.4, 0.5) is 5.82 Å². The maximum absolute atomic E-state index is 13.8. The number of fused-ring (bicyclic) bond motifs is 1.